The van der Waals surface area contributed by atoms with E-state index in [9.17, 15) is 0 Å². The fraction of sp³-hybridized carbons (Fsp3) is 0.571. The summed E-state index contributed by atoms with van der Waals surface area (Å²) in [7, 11) is 2.06. The van der Waals surface area contributed by atoms with Crippen LogP contribution in [0, 0.1) is 11.8 Å². The lowest BCUT2D eigenvalue weighted by Crippen LogP contribution is -2.44. The molecule has 0 unspecified atom stereocenters. The van der Waals surface area contributed by atoms with E-state index in [1.165, 1.54) is 0 Å². The molecular weight excluding hydrogens is 252 g/mol. The molecule has 2 aliphatic heterocycles. The molecule has 0 aliphatic carbocycles. The van der Waals surface area contributed by atoms with Crippen LogP contribution in [0.25, 0.3) is 0 Å². The first-order chi connectivity index (χ1) is 9.81. The zero-order chi connectivity index (χ0) is 13.9. The third-order valence-corrected chi connectivity index (χ3v) is 3.71. The van der Waals surface area contributed by atoms with Gasteiger partial charge in [0, 0.05) is 33.2 Å². The van der Waals surface area contributed by atoms with Gasteiger partial charge >= 0.3 is 0 Å². The van der Waals surface area contributed by atoms with Crippen LogP contribution in [-0.2, 0) is 0 Å². The van der Waals surface area contributed by atoms with E-state index < -0.39 is 0 Å². The lowest BCUT2D eigenvalue weighted by atomic mass is 10.3. The zero-order valence-electron chi connectivity index (χ0n) is 12.1. The number of piperazine rings is 1. The van der Waals surface area contributed by atoms with E-state index in [-0.39, 0.29) is 0 Å². The minimum Gasteiger partial charge on any atom is -0.352 e. The van der Waals surface area contributed by atoms with Crippen molar-refractivity contribution in [3.8, 4) is 11.8 Å². The van der Waals surface area contributed by atoms with Gasteiger partial charge in [-0.3, -0.25) is 0 Å². The van der Waals surface area contributed by atoms with Crippen molar-refractivity contribution >= 4 is 17.3 Å². The van der Waals surface area contributed by atoms with E-state index in [0.717, 1.165) is 56.7 Å². The molecule has 6 heteroatoms. The van der Waals surface area contributed by atoms with Crippen LogP contribution >= 0.6 is 0 Å². The molecule has 3 rings (SSSR count). The van der Waals surface area contributed by atoms with Gasteiger partial charge in [0.05, 0.1) is 13.2 Å². The fourth-order valence-corrected chi connectivity index (χ4v) is 2.73. The number of hydrogen-bond donors (Lipinski definition) is 1. The quantitative estimate of drug-likeness (QED) is 0.772. The maximum Gasteiger partial charge on any atom is 0.159 e. The Balaban J connectivity index is 1.96. The van der Waals surface area contributed by atoms with E-state index in [0.29, 0.717) is 0 Å². The van der Waals surface area contributed by atoms with Crippen LogP contribution in [-0.4, -0.2) is 56.4 Å². The molecular formula is C14H20N6. The van der Waals surface area contributed by atoms with Crippen LogP contribution in [0.2, 0.25) is 0 Å². The van der Waals surface area contributed by atoms with E-state index in [4.69, 9.17) is 0 Å². The molecule has 2 aliphatic rings. The van der Waals surface area contributed by atoms with Crippen LogP contribution in [0.1, 0.15) is 6.92 Å². The van der Waals surface area contributed by atoms with Crippen LogP contribution in [0.15, 0.2) is 6.33 Å². The fourth-order valence-electron chi connectivity index (χ4n) is 2.73. The van der Waals surface area contributed by atoms with Crippen LogP contribution in [0.3, 0.4) is 0 Å². The highest BCUT2D eigenvalue weighted by Crippen LogP contribution is 2.39. The summed E-state index contributed by atoms with van der Waals surface area (Å²) in [5.41, 5.74) is 1.12. The van der Waals surface area contributed by atoms with Crippen molar-refractivity contribution in [1.29, 1.82) is 0 Å². The predicted octanol–water partition coefficient (Wildman–Crippen LogP) is 0.123. The average Bonchev–Trinajstić information content (AvgIpc) is 2.83. The highest BCUT2D eigenvalue weighted by molar-refractivity contribution is 5.83. The lowest BCUT2D eigenvalue weighted by molar-refractivity contribution is 0.584. The Bertz CT molecular complexity index is 540. The van der Waals surface area contributed by atoms with Crippen LogP contribution in [0.4, 0.5) is 17.3 Å². The molecule has 0 atom stereocenters. The zero-order valence-corrected chi connectivity index (χ0v) is 12.1. The summed E-state index contributed by atoms with van der Waals surface area (Å²) in [5.74, 6) is 8.16. The van der Waals surface area contributed by atoms with Crippen LogP contribution < -0.4 is 20.0 Å². The van der Waals surface area contributed by atoms with E-state index in [2.05, 4.69) is 48.9 Å². The molecule has 0 amide bonds. The predicted molar refractivity (Wildman–Crippen MR) is 81.2 cm³/mol. The molecule has 0 bridgehead atoms. The van der Waals surface area contributed by atoms with Gasteiger partial charge in [0.15, 0.2) is 11.6 Å². The Morgan fingerprint density at radius 3 is 2.75 bits per heavy atom. The summed E-state index contributed by atoms with van der Waals surface area (Å²) >= 11 is 0. The summed E-state index contributed by atoms with van der Waals surface area (Å²) in [6.07, 6.45) is 1.67. The van der Waals surface area contributed by atoms with Crippen molar-refractivity contribution in [3.05, 3.63) is 6.33 Å². The van der Waals surface area contributed by atoms with Gasteiger partial charge in [0.25, 0.3) is 0 Å². The van der Waals surface area contributed by atoms with Crippen molar-refractivity contribution < 1.29 is 0 Å². The second kappa shape index (κ2) is 5.55. The van der Waals surface area contributed by atoms with E-state index in [1.54, 1.807) is 6.33 Å². The number of fused-ring (bicyclic) bond motifs is 1. The van der Waals surface area contributed by atoms with Crippen molar-refractivity contribution in [3.63, 3.8) is 0 Å². The normalized spacial score (nSPS) is 17.8. The van der Waals surface area contributed by atoms with Crippen molar-refractivity contribution in [2.75, 3.05) is 61.1 Å². The monoisotopic (exact) mass is 272 g/mol. The van der Waals surface area contributed by atoms with Gasteiger partial charge in [0.2, 0.25) is 0 Å². The molecule has 0 saturated carbocycles. The van der Waals surface area contributed by atoms with Gasteiger partial charge in [-0.1, -0.05) is 5.92 Å². The topological polar surface area (TPSA) is 47.5 Å². The molecule has 1 aromatic rings. The number of aromatic nitrogens is 2. The Morgan fingerprint density at radius 1 is 1.25 bits per heavy atom. The summed E-state index contributed by atoms with van der Waals surface area (Å²) < 4.78 is 0. The minimum absolute atomic E-state index is 0.723. The molecule has 1 aromatic heterocycles. The molecule has 3 heterocycles. The Morgan fingerprint density at radius 2 is 2.00 bits per heavy atom. The smallest absolute Gasteiger partial charge is 0.159 e. The van der Waals surface area contributed by atoms with Crippen molar-refractivity contribution in [2.24, 2.45) is 0 Å². The maximum absolute atomic E-state index is 4.54. The molecule has 106 valence electrons. The molecule has 0 aromatic carbocycles. The Kier molecular flexibility index (Phi) is 3.61. The van der Waals surface area contributed by atoms with Gasteiger partial charge in [-0.2, -0.15) is 0 Å². The van der Waals surface area contributed by atoms with E-state index in [1.807, 2.05) is 6.92 Å². The lowest BCUT2D eigenvalue weighted by Gasteiger charge is -2.30. The molecule has 1 saturated heterocycles. The largest absolute Gasteiger partial charge is 0.352 e. The molecule has 1 fully saturated rings. The summed E-state index contributed by atoms with van der Waals surface area (Å²) in [6, 6.07) is 0. The third kappa shape index (κ3) is 2.25. The summed E-state index contributed by atoms with van der Waals surface area (Å²) in [4.78, 5) is 15.7. The SMILES string of the molecule is CC#CCN1CN(C)c2ncnc(N3CCNCC3)c21. The molecule has 20 heavy (non-hydrogen) atoms. The van der Waals surface area contributed by atoms with Crippen molar-refractivity contribution in [2.45, 2.75) is 6.92 Å². The first kappa shape index (κ1) is 13.0. The highest BCUT2D eigenvalue weighted by Gasteiger charge is 2.30. The standard InChI is InChI=1S/C14H20N6/c1-3-4-7-20-11-18(2)13-12(20)14(17-10-16-13)19-8-5-15-6-9-19/h10,15H,5-9,11H2,1-2H3. The first-order valence-corrected chi connectivity index (χ1v) is 6.97. The molecule has 0 spiro atoms. The Labute approximate surface area is 119 Å². The average molecular weight is 272 g/mol. The number of nitrogens with zero attached hydrogens (tertiary/aromatic N) is 5. The highest BCUT2D eigenvalue weighted by atomic mass is 15.4. The van der Waals surface area contributed by atoms with E-state index >= 15 is 0 Å². The molecule has 1 N–H and O–H groups in total. The minimum atomic E-state index is 0.723. The van der Waals surface area contributed by atoms with Gasteiger partial charge in [-0.05, 0) is 6.92 Å². The second-order valence-corrected chi connectivity index (χ2v) is 5.07. The van der Waals surface area contributed by atoms with Gasteiger partial charge < -0.3 is 20.0 Å². The van der Waals surface area contributed by atoms with Crippen molar-refractivity contribution in [1.82, 2.24) is 15.3 Å². The summed E-state index contributed by atoms with van der Waals surface area (Å²) in [6.45, 7) is 7.40. The first-order valence-electron chi connectivity index (χ1n) is 6.97. The molecule has 6 nitrogen and oxygen atoms in total. The number of nitrogens with one attached hydrogen (secondary N) is 1. The summed E-state index contributed by atoms with van der Waals surface area (Å²) in [5, 5.41) is 3.38. The Hall–Kier alpha value is -2.00. The van der Waals surface area contributed by atoms with Gasteiger partial charge in [0.1, 0.15) is 12.0 Å². The number of rotatable bonds is 2. The number of anilines is 3. The van der Waals surface area contributed by atoms with Gasteiger partial charge in [-0.15, -0.1) is 5.92 Å². The number of hydrogen-bond acceptors (Lipinski definition) is 6. The molecule has 0 radical (unpaired) electrons. The van der Waals surface area contributed by atoms with Crippen LogP contribution in [0.5, 0.6) is 0 Å². The second-order valence-electron chi connectivity index (χ2n) is 5.07. The third-order valence-electron chi connectivity index (χ3n) is 3.71. The van der Waals surface area contributed by atoms with Gasteiger partial charge in [-0.25, -0.2) is 9.97 Å². The maximum atomic E-state index is 4.54.